The summed E-state index contributed by atoms with van der Waals surface area (Å²) in [6.45, 7) is 3.57. The van der Waals surface area contributed by atoms with Crippen LogP contribution in [-0.4, -0.2) is 66.8 Å². The van der Waals surface area contributed by atoms with Crippen molar-refractivity contribution in [3.63, 3.8) is 0 Å². The van der Waals surface area contributed by atoms with Crippen LogP contribution in [0.1, 0.15) is 46.4 Å². The van der Waals surface area contributed by atoms with Gasteiger partial charge in [0.25, 0.3) is 11.8 Å². The lowest BCUT2D eigenvalue weighted by atomic mass is 10.1. The van der Waals surface area contributed by atoms with E-state index >= 15 is 0 Å². The van der Waals surface area contributed by atoms with Crippen LogP contribution >= 0.6 is 0 Å². The van der Waals surface area contributed by atoms with Crippen LogP contribution in [0.2, 0.25) is 0 Å². The van der Waals surface area contributed by atoms with Crippen LogP contribution in [0.5, 0.6) is 0 Å². The van der Waals surface area contributed by atoms with Crippen molar-refractivity contribution in [1.82, 2.24) is 9.80 Å². The Morgan fingerprint density at radius 3 is 2.21 bits per heavy atom. The zero-order valence-corrected chi connectivity index (χ0v) is 19.1. The molecule has 3 amide bonds. The number of benzene rings is 2. The molecule has 0 bridgehead atoms. The van der Waals surface area contributed by atoms with Gasteiger partial charge < -0.3 is 20.0 Å². The number of nitrogens with zero attached hydrogens (tertiary/aromatic N) is 3. The van der Waals surface area contributed by atoms with E-state index in [0.717, 1.165) is 44.5 Å². The second-order valence-corrected chi connectivity index (χ2v) is 9.28. The van der Waals surface area contributed by atoms with Gasteiger partial charge in [-0.1, -0.05) is 6.07 Å². The predicted molar refractivity (Wildman–Crippen MR) is 127 cm³/mol. The average Bonchev–Trinajstić information content (AvgIpc) is 3.57. The van der Waals surface area contributed by atoms with Crippen molar-refractivity contribution in [1.29, 1.82) is 0 Å². The van der Waals surface area contributed by atoms with Gasteiger partial charge in [0.2, 0.25) is 5.91 Å². The summed E-state index contributed by atoms with van der Waals surface area (Å²) in [4.78, 5) is 44.1. The minimum atomic E-state index is -0.427. The highest BCUT2D eigenvalue weighted by atomic mass is 19.1. The van der Waals surface area contributed by atoms with Crippen molar-refractivity contribution in [3.05, 3.63) is 59.4 Å². The van der Waals surface area contributed by atoms with Crippen LogP contribution in [0.3, 0.4) is 0 Å². The number of carbonyl (C=O) groups excluding carboxylic acids is 3. The van der Waals surface area contributed by atoms with Gasteiger partial charge in [-0.25, -0.2) is 4.39 Å². The van der Waals surface area contributed by atoms with E-state index in [1.807, 2.05) is 17.0 Å². The van der Waals surface area contributed by atoms with Crippen LogP contribution in [0, 0.1) is 11.7 Å². The first-order chi connectivity index (χ1) is 16.5. The molecule has 0 radical (unpaired) electrons. The number of hydrogen-bond donors (Lipinski definition) is 1. The topological polar surface area (TPSA) is 73.0 Å². The molecular formula is C26H29FN4O3. The molecule has 178 valence electrons. The van der Waals surface area contributed by atoms with E-state index in [1.165, 1.54) is 12.1 Å². The Kier molecular flexibility index (Phi) is 6.22. The van der Waals surface area contributed by atoms with E-state index in [2.05, 4.69) is 10.2 Å². The molecular weight excluding hydrogens is 435 g/mol. The number of nitrogens with one attached hydrogen (secondary N) is 1. The molecule has 2 heterocycles. The number of rotatable bonds is 5. The molecule has 5 rings (SSSR count). The quantitative estimate of drug-likeness (QED) is 0.737. The van der Waals surface area contributed by atoms with E-state index in [1.54, 1.807) is 23.1 Å². The SMILES string of the molecule is O=C(Nc1ccc(N2CCN(C(=O)c3cccc(F)c3)CC2)c(C(=O)N2CCCC2)c1)C1CC1. The fourth-order valence-corrected chi connectivity index (χ4v) is 4.70. The molecule has 34 heavy (non-hydrogen) atoms. The molecule has 0 unspecified atom stereocenters. The molecule has 2 saturated heterocycles. The number of carbonyl (C=O) groups is 3. The highest BCUT2D eigenvalue weighted by Gasteiger charge is 2.31. The summed E-state index contributed by atoms with van der Waals surface area (Å²) >= 11 is 0. The Hall–Kier alpha value is -3.42. The summed E-state index contributed by atoms with van der Waals surface area (Å²) in [6, 6.07) is 11.3. The molecule has 2 aromatic rings. The van der Waals surface area contributed by atoms with E-state index in [4.69, 9.17) is 0 Å². The third-order valence-corrected chi connectivity index (χ3v) is 6.82. The Labute approximate surface area is 198 Å². The molecule has 8 heteroatoms. The van der Waals surface area contributed by atoms with Gasteiger partial charge in [-0.05, 0) is 62.1 Å². The molecule has 0 spiro atoms. The Bertz CT molecular complexity index is 1100. The van der Waals surface area contributed by atoms with Gasteiger partial charge in [-0.2, -0.15) is 0 Å². The first-order valence-electron chi connectivity index (χ1n) is 12.0. The van der Waals surface area contributed by atoms with Crippen molar-refractivity contribution >= 4 is 29.1 Å². The largest absolute Gasteiger partial charge is 0.367 e. The standard InChI is InChI=1S/C26H29FN4O3/c27-20-5-3-4-19(16-20)25(33)31-14-12-29(13-15-31)23-9-8-21(28-24(32)18-6-7-18)17-22(23)26(34)30-10-1-2-11-30/h3-5,8-9,16-18H,1-2,6-7,10-15H2,(H,28,32). The Balaban J connectivity index is 1.33. The number of piperazine rings is 1. The smallest absolute Gasteiger partial charge is 0.256 e. The molecule has 0 atom stereocenters. The van der Waals surface area contributed by atoms with Gasteiger partial charge in [0.05, 0.1) is 5.56 Å². The molecule has 2 aromatic carbocycles. The maximum absolute atomic E-state index is 13.5. The van der Waals surface area contributed by atoms with Crippen LogP contribution in [0.4, 0.5) is 15.8 Å². The third-order valence-electron chi connectivity index (χ3n) is 6.82. The monoisotopic (exact) mass is 464 g/mol. The summed E-state index contributed by atoms with van der Waals surface area (Å²) in [7, 11) is 0. The lowest BCUT2D eigenvalue weighted by Gasteiger charge is -2.37. The van der Waals surface area contributed by atoms with Gasteiger partial charge in [0.1, 0.15) is 5.82 Å². The highest BCUT2D eigenvalue weighted by molar-refractivity contribution is 6.02. The summed E-state index contributed by atoms with van der Waals surface area (Å²) in [5.74, 6) is -0.541. The molecule has 1 aliphatic carbocycles. The number of likely N-dealkylation sites (tertiary alicyclic amines) is 1. The minimum Gasteiger partial charge on any atom is -0.367 e. The second-order valence-electron chi connectivity index (χ2n) is 9.28. The van der Waals surface area contributed by atoms with Gasteiger partial charge in [-0.15, -0.1) is 0 Å². The van der Waals surface area contributed by atoms with E-state index < -0.39 is 5.82 Å². The van der Waals surface area contributed by atoms with Gasteiger partial charge in [0, 0.05) is 62.1 Å². The zero-order chi connectivity index (χ0) is 23.7. The van der Waals surface area contributed by atoms with Crippen molar-refractivity contribution in [2.45, 2.75) is 25.7 Å². The lowest BCUT2D eigenvalue weighted by molar-refractivity contribution is -0.117. The molecule has 1 saturated carbocycles. The number of hydrogen-bond acceptors (Lipinski definition) is 4. The average molecular weight is 465 g/mol. The van der Waals surface area contributed by atoms with Crippen molar-refractivity contribution in [3.8, 4) is 0 Å². The van der Waals surface area contributed by atoms with Gasteiger partial charge in [0.15, 0.2) is 0 Å². The molecule has 1 N–H and O–H groups in total. The molecule has 3 aliphatic rings. The Morgan fingerprint density at radius 2 is 1.53 bits per heavy atom. The van der Waals surface area contributed by atoms with E-state index in [0.29, 0.717) is 43.0 Å². The number of halogens is 1. The summed E-state index contributed by atoms with van der Waals surface area (Å²) in [5.41, 5.74) is 2.39. The fourth-order valence-electron chi connectivity index (χ4n) is 4.70. The van der Waals surface area contributed by atoms with E-state index in [9.17, 15) is 18.8 Å². The van der Waals surface area contributed by atoms with Crippen molar-refractivity contribution in [2.24, 2.45) is 5.92 Å². The summed E-state index contributed by atoms with van der Waals surface area (Å²) in [5, 5.41) is 2.95. The number of anilines is 2. The number of amides is 3. The summed E-state index contributed by atoms with van der Waals surface area (Å²) in [6.07, 6.45) is 3.84. The minimum absolute atomic E-state index is 0.0109. The first-order valence-corrected chi connectivity index (χ1v) is 12.0. The molecule has 0 aromatic heterocycles. The highest BCUT2D eigenvalue weighted by Crippen LogP contribution is 2.32. The van der Waals surface area contributed by atoms with Crippen LogP contribution in [-0.2, 0) is 4.79 Å². The summed E-state index contributed by atoms with van der Waals surface area (Å²) < 4.78 is 13.5. The normalized spacial score (nSPS) is 18.2. The van der Waals surface area contributed by atoms with Crippen molar-refractivity contribution in [2.75, 3.05) is 49.5 Å². The zero-order valence-electron chi connectivity index (χ0n) is 19.1. The maximum Gasteiger partial charge on any atom is 0.256 e. The van der Waals surface area contributed by atoms with Gasteiger partial charge in [-0.3, -0.25) is 14.4 Å². The van der Waals surface area contributed by atoms with E-state index in [-0.39, 0.29) is 23.6 Å². The van der Waals surface area contributed by atoms with Crippen LogP contribution in [0.15, 0.2) is 42.5 Å². The van der Waals surface area contributed by atoms with Gasteiger partial charge >= 0.3 is 0 Å². The Morgan fingerprint density at radius 1 is 0.824 bits per heavy atom. The second kappa shape index (κ2) is 9.44. The molecule has 2 aliphatic heterocycles. The first kappa shape index (κ1) is 22.4. The maximum atomic E-state index is 13.5. The van der Waals surface area contributed by atoms with Crippen molar-refractivity contribution < 1.29 is 18.8 Å². The molecule has 3 fully saturated rings. The fraction of sp³-hybridized carbons (Fsp3) is 0.423. The third kappa shape index (κ3) is 4.76. The predicted octanol–water partition coefficient (Wildman–Crippen LogP) is 3.37. The van der Waals surface area contributed by atoms with Crippen LogP contribution < -0.4 is 10.2 Å². The lowest BCUT2D eigenvalue weighted by Crippen LogP contribution is -2.49. The van der Waals surface area contributed by atoms with Crippen LogP contribution in [0.25, 0.3) is 0 Å². The molecule has 7 nitrogen and oxygen atoms in total.